The number of fused-ring (bicyclic) bond motifs is 1. The third-order valence-electron chi connectivity index (χ3n) is 5.65. The summed E-state index contributed by atoms with van der Waals surface area (Å²) in [6, 6.07) is 12.9. The average Bonchev–Trinajstić information content (AvgIpc) is 3.09. The Hall–Kier alpha value is -3.94. The van der Waals surface area contributed by atoms with Crippen LogP contribution in [0.4, 0.5) is 11.4 Å². The highest BCUT2D eigenvalue weighted by Crippen LogP contribution is 2.37. The number of carbonyl (C=O) groups excluding carboxylic acids is 4. The topological polar surface area (TPSA) is 102 Å². The van der Waals surface area contributed by atoms with Gasteiger partial charge in [0.05, 0.1) is 29.7 Å². The van der Waals surface area contributed by atoms with Gasteiger partial charge in [-0.25, -0.2) is 4.79 Å². The van der Waals surface area contributed by atoms with Gasteiger partial charge >= 0.3 is 5.97 Å². The Kier molecular flexibility index (Phi) is 6.53. The fourth-order valence-electron chi connectivity index (χ4n) is 4.01. The molecule has 170 valence electrons. The smallest absolute Gasteiger partial charge is 0.338 e. The molecule has 0 bridgehead atoms. The molecule has 0 unspecified atom stereocenters. The minimum Gasteiger partial charge on any atom is -0.494 e. The number of benzene rings is 2. The number of allylic oxidation sites excluding steroid dienone is 2. The highest BCUT2D eigenvalue weighted by atomic mass is 16.5. The van der Waals surface area contributed by atoms with E-state index in [2.05, 4.69) is 5.32 Å². The second kappa shape index (κ2) is 9.68. The van der Waals surface area contributed by atoms with Gasteiger partial charge in [0.1, 0.15) is 5.75 Å². The number of anilines is 2. The van der Waals surface area contributed by atoms with Crippen molar-refractivity contribution in [2.75, 3.05) is 23.4 Å². The molecule has 2 aromatic carbocycles. The molecular formula is C25H24N2O6. The lowest BCUT2D eigenvalue weighted by Gasteiger charge is -2.15. The summed E-state index contributed by atoms with van der Waals surface area (Å²) in [6.07, 6.45) is 4.99. The highest BCUT2D eigenvalue weighted by molar-refractivity contribution is 6.22. The van der Waals surface area contributed by atoms with Gasteiger partial charge in [-0.2, -0.15) is 0 Å². The molecule has 8 heteroatoms. The number of hydrogen-bond donors (Lipinski definition) is 1. The number of esters is 1. The zero-order valence-corrected chi connectivity index (χ0v) is 18.2. The van der Waals surface area contributed by atoms with Crippen LogP contribution < -0.4 is 15.0 Å². The van der Waals surface area contributed by atoms with Crippen LogP contribution in [0, 0.1) is 11.8 Å². The summed E-state index contributed by atoms with van der Waals surface area (Å²) in [6.45, 7) is 1.98. The largest absolute Gasteiger partial charge is 0.494 e. The van der Waals surface area contributed by atoms with Crippen molar-refractivity contribution < 1.29 is 28.7 Å². The van der Waals surface area contributed by atoms with E-state index in [9.17, 15) is 19.2 Å². The standard InChI is InChI=1S/C25H24N2O6/c1-2-32-19-13-9-17(10-14-19)26-22(28)15-33-25(31)16-7-11-18(12-8-16)27-23(29)20-5-3-4-6-21(20)24(27)30/h3-4,7-14,20-21H,2,5-6,15H2,1H3,(H,26,28)/t20-,21-/m1/s1. The van der Waals surface area contributed by atoms with Crippen molar-refractivity contribution in [2.45, 2.75) is 19.8 Å². The first-order valence-electron chi connectivity index (χ1n) is 10.8. The predicted octanol–water partition coefficient (Wildman–Crippen LogP) is 3.34. The zero-order chi connectivity index (χ0) is 23.4. The van der Waals surface area contributed by atoms with Crippen LogP contribution in [0.1, 0.15) is 30.1 Å². The molecule has 2 atom stereocenters. The summed E-state index contributed by atoms with van der Waals surface area (Å²) in [7, 11) is 0. The van der Waals surface area contributed by atoms with E-state index in [0.29, 0.717) is 36.6 Å². The Bertz CT molecular complexity index is 1060. The second-order valence-electron chi connectivity index (χ2n) is 7.80. The lowest BCUT2D eigenvalue weighted by Crippen LogP contribution is -2.30. The van der Waals surface area contributed by atoms with Gasteiger partial charge in [-0.1, -0.05) is 12.2 Å². The minimum atomic E-state index is -0.680. The molecule has 1 saturated heterocycles. The first-order valence-corrected chi connectivity index (χ1v) is 10.8. The van der Waals surface area contributed by atoms with E-state index in [1.165, 1.54) is 29.2 Å². The first-order chi connectivity index (χ1) is 16.0. The number of ether oxygens (including phenoxy) is 2. The fourth-order valence-corrected chi connectivity index (χ4v) is 4.01. The number of nitrogens with zero attached hydrogens (tertiary/aromatic N) is 1. The van der Waals surface area contributed by atoms with Gasteiger partial charge in [-0.05, 0) is 68.3 Å². The third kappa shape index (κ3) is 4.79. The molecule has 0 radical (unpaired) electrons. The average molecular weight is 448 g/mol. The molecule has 0 aromatic heterocycles. The van der Waals surface area contributed by atoms with Crippen LogP contribution in [0.15, 0.2) is 60.7 Å². The van der Waals surface area contributed by atoms with Gasteiger partial charge in [0.15, 0.2) is 6.61 Å². The number of nitrogens with one attached hydrogen (secondary N) is 1. The predicted molar refractivity (Wildman–Crippen MR) is 121 cm³/mol. The molecule has 3 amide bonds. The third-order valence-corrected chi connectivity index (χ3v) is 5.65. The lowest BCUT2D eigenvalue weighted by molar-refractivity contribution is -0.122. The number of hydrogen-bond acceptors (Lipinski definition) is 6. The quantitative estimate of drug-likeness (QED) is 0.396. The van der Waals surface area contributed by atoms with E-state index in [4.69, 9.17) is 9.47 Å². The van der Waals surface area contributed by atoms with Gasteiger partial charge in [-0.15, -0.1) is 0 Å². The maximum Gasteiger partial charge on any atom is 0.338 e. The van der Waals surface area contributed by atoms with E-state index in [0.717, 1.165) is 0 Å². The van der Waals surface area contributed by atoms with Crippen LogP contribution >= 0.6 is 0 Å². The van der Waals surface area contributed by atoms with Crippen molar-refractivity contribution in [3.63, 3.8) is 0 Å². The molecular weight excluding hydrogens is 424 g/mol. The molecule has 33 heavy (non-hydrogen) atoms. The molecule has 1 aliphatic heterocycles. The van der Waals surface area contributed by atoms with Crippen LogP contribution in [-0.2, 0) is 19.1 Å². The number of rotatable bonds is 7. The maximum absolute atomic E-state index is 12.7. The summed E-state index contributed by atoms with van der Waals surface area (Å²) in [5.41, 5.74) is 1.19. The molecule has 1 N–H and O–H groups in total. The van der Waals surface area contributed by atoms with Gasteiger partial charge in [0, 0.05) is 5.69 Å². The fraction of sp³-hybridized carbons (Fsp3) is 0.280. The van der Waals surface area contributed by atoms with Crippen LogP contribution in [0.5, 0.6) is 5.75 Å². The monoisotopic (exact) mass is 448 g/mol. The van der Waals surface area contributed by atoms with Gasteiger partial charge in [0.25, 0.3) is 5.91 Å². The molecule has 0 saturated carbocycles. The van der Waals surface area contributed by atoms with Crippen molar-refractivity contribution in [2.24, 2.45) is 11.8 Å². The van der Waals surface area contributed by atoms with Crippen LogP contribution in [0.25, 0.3) is 0 Å². The Balaban J connectivity index is 1.31. The molecule has 1 fully saturated rings. The van der Waals surface area contributed by atoms with Crippen LogP contribution in [-0.4, -0.2) is 36.9 Å². The number of amides is 3. The van der Waals surface area contributed by atoms with Crippen molar-refractivity contribution in [3.05, 3.63) is 66.2 Å². The van der Waals surface area contributed by atoms with Gasteiger partial charge < -0.3 is 14.8 Å². The van der Waals surface area contributed by atoms with E-state index < -0.39 is 18.5 Å². The van der Waals surface area contributed by atoms with Gasteiger partial charge in [0.2, 0.25) is 11.8 Å². The number of imide groups is 1. The summed E-state index contributed by atoms with van der Waals surface area (Å²) in [5.74, 6) is -1.53. The van der Waals surface area contributed by atoms with E-state index in [1.54, 1.807) is 24.3 Å². The molecule has 1 aliphatic carbocycles. The Morgan fingerprint density at radius 3 is 2.12 bits per heavy atom. The van der Waals surface area contributed by atoms with Crippen molar-refractivity contribution in [1.82, 2.24) is 0 Å². The Morgan fingerprint density at radius 1 is 0.939 bits per heavy atom. The van der Waals surface area contributed by atoms with Crippen LogP contribution in [0.3, 0.4) is 0 Å². The zero-order valence-electron chi connectivity index (χ0n) is 18.2. The normalized spacial score (nSPS) is 19.2. The summed E-state index contributed by atoms with van der Waals surface area (Å²) in [4.78, 5) is 50.9. The lowest BCUT2D eigenvalue weighted by atomic mass is 9.85. The first kappa shape index (κ1) is 22.3. The van der Waals surface area contributed by atoms with Crippen molar-refractivity contribution >= 4 is 35.1 Å². The maximum atomic E-state index is 12.7. The Morgan fingerprint density at radius 2 is 1.55 bits per heavy atom. The highest BCUT2D eigenvalue weighted by Gasteiger charge is 2.47. The summed E-state index contributed by atoms with van der Waals surface area (Å²) < 4.78 is 10.4. The minimum absolute atomic E-state index is 0.212. The SMILES string of the molecule is CCOc1ccc(NC(=O)COC(=O)c2ccc(N3C(=O)[C@@H]4CC=CC[C@H]4C3=O)cc2)cc1. The molecule has 8 nitrogen and oxygen atoms in total. The number of carbonyl (C=O) groups is 4. The molecule has 0 spiro atoms. The Labute approximate surface area is 191 Å². The molecule has 1 heterocycles. The van der Waals surface area contributed by atoms with Crippen molar-refractivity contribution in [1.29, 1.82) is 0 Å². The van der Waals surface area contributed by atoms with Gasteiger partial charge in [-0.3, -0.25) is 19.3 Å². The van der Waals surface area contributed by atoms with E-state index >= 15 is 0 Å². The molecule has 2 aliphatic rings. The van der Waals surface area contributed by atoms with Crippen LogP contribution in [0.2, 0.25) is 0 Å². The van der Waals surface area contributed by atoms with E-state index in [1.807, 2.05) is 19.1 Å². The summed E-state index contributed by atoms with van der Waals surface area (Å²) in [5, 5.41) is 2.64. The van der Waals surface area contributed by atoms with Crippen molar-refractivity contribution in [3.8, 4) is 5.75 Å². The van der Waals surface area contributed by atoms with E-state index in [-0.39, 0.29) is 29.2 Å². The second-order valence-corrected chi connectivity index (χ2v) is 7.80. The molecule has 4 rings (SSSR count). The summed E-state index contributed by atoms with van der Waals surface area (Å²) >= 11 is 0. The molecule has 2 aromatic rings.